The molecule has 0 saturated heterocycles. The number of ether oxygens (including phenoxy) is 1. The summed E-state index contributed by atoms with van der Waals surface area (Å²) in [4.78, 5) is 11.9. The Balaban J connectivity index is 2.11. The predicted molar refractivity (Wildman–Crippen MR) is 85.8 cm³/mol. The molecule has 6 heteroatoms. The number of nitrogens with zero attached hydrogens (tertiary/aromatic N) is 1. The van der Waals surface area contributed by atoms with Crippen LogP contribution in [0.15, 0.2) is 45.7 Å². The van der Waals surface area contributed by atoms with Crippen LogP contribution in [0.3, 0.4) is 0 Å². The molecule has 0 unspecified atom stereocenters. The zero-order valence-corrected chi connectivity index (χ0v) is 13.3. The molecule has 2 aromatic carbocycles. The molecule has 3 aromatic rings. The largest absolute Gasteiger partial charge is 0.497 e. The zero-order chi connectivity index (χ0) is 15.7. The number of aromatic amines is 1. The Kier molecular flexibility index (Phi) is 3.94. The summed E-state index contributed by atoms with van der Waals surface area (Å²) in [6.45, 7) is 0. The smallest absolute Gasteiger partial charge is 0.272 e. The van der Waals surface area contributed by atoms with E-state index in [2.05, 4.69) is 26.1 Å². The van der Waals surface area contributed by atoms with Crippen LogP contribution in [-0.2, 0) is 6.42 Å². The fourth-order valence-electron chi connectivity index (χ4n) is 2.30. The molecule has 0 aliphatic carbocycles. The second-order valence-corrected chi connectivity index (χ2v) is 5.69. The van der Waals surface area contributed by atoms with E-state index in [-0.39, 0.29) is 11.4 Å². The Morgan fingerprint density at radius 2 is 2.05 bits per heavy atom. The second-order valence-electron chi connectivity index (χ2n) is 4.84. The van der Waals surface area contributed by atoms with E-state index >= 15 is 0 Å². The van der Waals surface area contributed by atoms with Crippen molar-refractivity contribution in [1.82, 2.24) is 10.2 Å². The molecular weight excluding hydrogens is 351 g/mol. The van der Waals surface area contributed by atoms with E-state index < -0.39 is 0 Å². The summed E-state index contributed by atoms with van der Waals surface area (Å²) in [6, 6.07) is 10.0. The number of fused-ring (bicyclic) bond motifs is 1. The van der Waals surface area contributed by atoms with E-state index in [1.54, 1.807) is 37.4 Å². The molecule has 3 rings (SSSR count). The number of hydrogen-bond donors (Lipinski definition) is 1. The maximum Gasteiger partial charge on any atom is 0.272 e. The van der Waals surface area contributed by atoms with Crippen LogP contribution in [0.5, 0.6) is 5.75 Å². The molecule has 0 atom stereocenters. The van der Waals surface area contributed by atoms with Gasteiger partial charge in [0.25, 0.3) is 5.56 Å². The molecular formula is C16H12BrFN2O2. The minimum Gasteiger partial charge on any atom is -0.497 e. The SMILES string of the molecule is COc1ccc2c(=O)[nH]nc(Cc3ccc(F)c(Br)c3)c2c1. The lowest BCUT2D eigenvalue weighted by Gasteiger charge is -2.07. The molecule has 0 radical (unpaired) electrons. The molecule has 22 heavy (non-hydrogen) atoms. The molecule has 1 aromatic heterocycles. The topological polar surface area (TPSA) is 55.0 Å². The van der Waals surface area contributed by atoms with Crippen molar-refractivity contribution in [3.8, 4) is 5.75 Å². The maximum absolute atomic E-state index is 13.3. The highest BCUT2D eigenvalue weighted by molar-refractivity contribution is 9.10. The molecule has 0 aliphatic heterocycles. The third-order valence-electron chi connectivity index (χ3n) is 3.43. The number of halogens is 2. The van der Waals surface area contributed by atoms with Crippen LogP contribution in [0.4, 0.5) is 4.39 Å². The predicted octanol–water partition coefficient (Wildman–Crippen LogP) is 3.42. The fraction of sp³-hybridized carbons (Fsp3) is 0.125. The first-order valence-electron chi connectivity index (χ1n) is 6.57. The van der Waals surface area contributed by atoms with Gasteiger partial charge in [0.05, 0.1) is 22.7 Å². The van der Waals surface area contributed by atoms with E-state index in [0.29, 0.717) is 27.7 Å². The van der Waals surface area contributed by atoms with Crippen molar-refractivity contribution in [2.24, 2.45) is 0 Å². The van der Waals surface area contributed by atoms with Gasteiger partial charge in [0.1, 0.15) is 11.6 Å². The Morgan fingerprint density at radius 3 is 2.77 bits per heavy atom. The van der Waals surface area contributed by atoms with Crippen LogP contribution in [0, 0.1) is 5.82 Å². The van der Waals surface area contributed by atoms with E-state index in [0.717, 1.165) is 10.9 Å². The van der Waals surface area contributed by atoms with Crippen molar-refractivity contribution in [3.63, 3.8) is 0 Å². The summed E-state index contributed by atoms with van der Waals surface area (Å²) in [6.07, 6.45) is 0.472. The number of H-pyrrole nitrogens is 1. The number of benzene rings is 2. The van der Waals surface area contributed by atoms with Gasteiger partial charge in [0.2, 0.25) is 0 Å². The normalized spacial score (nSPS) is 10.9. The molecule has 1 heterocycles. The van der Waals surface area contributed by atoms with E-state index in [4.69, 9.17) is 4.74 Å². The molecule has 0 saturated carbocycles. The van der Waals surface area contributed by atoms with Crippen LogP contribution in [0.1, 0.15) is 11.3 Å². The number of rotatable bonds is 3. The Hall–Kier alpha value is -2.21. The quantitative estimate of drug-likeness (QED) is 0.776. The van der Waals surface area contributed by atoms with Gasteiger partial charge in [-0.2, -0.15) is 5.10 Å². The van der Waals surface area contributed by atoms with Crippen molar-refractivity contribution in [3.05, 3.63) is 68.3 Å². The van der Waals surface area contributed by atoms with Crippen LogP contribution in [-0.4, -0.2) is 17.3 Å². The lowest BCUT2D eigenvalue weighted by molar-refractivity contribution is 0.415. The maximum atomic E-state index is 13.3. The average Bonchev–Trinajstić information content (AvgIpc) is 2.53. The van der Waals surface area contributed by atoms with Gasteiger partial charge < -0.3 is 4.74 Å². The highest BCUT2D eigenvalue weighted by Crippen LogP contribution is 2.23. The Bertz CT molecular complexity index is 908. The molecule has 0 fully saturated rings. The van der Waals surface area contributed by atoms with Gasteiger partial charge in [-0.1, -0.05) is 6.07 Å². The summed E-state index contributed by atoms with van der Waals surface area (Å²) in [7, 11) is 1.57. The number of hydrogen-bond acceptors (Lipinski definition) is 3. The summed E-state index contributed by atoms with van der Waals surface area (Å²) in [5, 5.41) is 7.90. The van der Waals surface area contributed by atoms with Crippen molar-refractivity contribution in [2.45, 2.75) is 6.42 Å². The van der Waals surface area contributed by atoms with E-state index in [1.807, 2.05) is 0 Å². The lowest BCUT2D eigenvalue weighted by atomic mass is 10.0. The molecule has 0 aliphatic rings. The molecule has 4 nitrogen and oxygen atoms in total. The Labute approximate surface area is 134 Å². The third kappa shape index (κ3) is 2.74. The minimum absolute atomic E-state index is 0.248. The summed E-state index contributed by atoms with van der Waals surface area (Å²) >= 11 is 3.17. The molecule has 0 bridgehead atoms. The Morgan fingerprint density at radius 1 is 1.23 bits per heavy atom. The number of nitrogens with one attached hydrogen (secondary N) is 1. The van der Waals surface area contributed by atoms with E-state index in [9.17, 15) is 9.18 Å². The first-order chi connectivity index (χ1) is 10.6. The lowest BCUT2D eigenvalue weighted by Crippen LogP contribution is -2.11. The van der Waals surface area contributed by atoms with Gasteiger partial charge in [0, 0.05) is 11.8 Å². The van der Waals surface area contributed by atoms with Crippen LogP contribution >= 0.6 is 15.9 Å². The van der Waals surface area contributed by atoms with Crippen molar-refractivity contribution in [1.29, 1.82) is 0 Å². The standard InChI is InChI=1S/C16H12BrFN2O2/c1-22-10-3-4-11-12(8-10)15(19-20-16(11)21)7-9-2-5-14(18)13(17)6-9/h2-6,8H,7H2,1H3,(H,20,21). The van der Waals surface area contributed by atoms with Gasteiger partial charge in [-0.05, 0) is 51.8 Å². The highest BCUT2D eigenvalue weighted by Gasteiger charge is 2.10. The van der Waals surface area contributed by atoms with Crippen LogP contribution in [0.2, 0.25) is 0 Å². The van der Waals surface area contributed by atoms with Crippen molar-refractivity contribution >= 4 is 26.7 Å². The summed E-state index contributed by atoms with van der Waals surface area (Å²) < 4.78 is 18.9. The molecule has 1 N–H and O–H groups in total. The van der Waals surface area contributed by atoms with Gasteiger partial charge in [-0.15, -0.1) is 0 Å². The van der Waals surface area contributed by atoms with Crippen molar-refractivity contribution < 1.29 is 9.13 Å². The van der Waals surface area contributed by atoms with Gasteiger partial charge >= 0.3 is 0 Å². The van der Waals surface area contributed by atoms with Gasteiger partial charge in [0.15, 0.2) is 0 Å². The third-order valence-corrected chi connectivity index (χ3v) is 4.04. The summed E-state index contributed by atoms with van der Waals surface area (Å²) in [5.41, 5.74) is 1.34. The van der Waals surface area contributed by atoms with Crippen molar-refractivity contribution in [2.75, 3.05) is 7.11 Å². The second kappa shape index (κ2) is 5.88. The number of aromatic nitrogens is 2. The molecule has 0 spiro atoms. The van der Waals surface area contributed by atoms with Crippen LogP contribution < -0.4 is 10.3 Å². The monoisotopic (exact) mass is 362 g/mol. The minimum atomic E-state index is -0.315. The highest BCUT2D eigenvalue weighted by atomic mass is 79.9. The number of methoxy groups -OCH3 is 1. The van der Waals surface area contributed by atoms with E-state index in [1.165, 1.54) is 6.07 Å². The fourth-order valence-corrected chi connectivity index (χ4v) is 2.73. The zero-order valence-electron chi connectivity index (χ0n) is 11.7. The first kappa shape index (κ1) is 14.7. The van der Waals surface area contributed by atoms with Crippen LogP contribution in [0.25, 0.3) is 10.8 Å². The first-order valence-corrected chi connectivity index (χ1v) is 7.37. The summed E-state index contributed by atoms with van der Waals surface area (Å²) in [5.74, 6) is 0.339. The molecule has 0 amide bonds. The van der Waals surface area contributed by atoms with Gasteiger partial charge in [-0.25, -0.2) is 9.49 Å². The van der Waals surface area contributed by atoms with Gasteiger partial charge in [-0.3, -0.25) is 4.79 Å². The average molecular weight is 363 g/mol. The molecule has 112 valence electrons.